The van der Waals surface area contributed by atoms with Gasteiger partial charge in [0.1, 0.15) is 0 Å². The van der Waals surface area contributed by atoms with Gasteiger partial charge in [0.2, 0.25) is 0 Å². The van der Waals surface area contributed by atoms with Crippen LogP contribution >= 0.6 is 20.2 Å². The van der Waals surface area contributed by atoms with Gasteiger partial charge in [-0.05, 0) is 0 Å². The number of aliphatic hydroxyl groups excluding tert-OH is 1. The van der Waals surface area contributed by atoms with Gasteiger partial charge in [-0.15, -0.1) is 0 Å². The third kappa shape index (κ3) is 2.74. The number of rotatable bonds is 4. The number of hydrogen-bond donors (Lipinski definition) is 1. The zero-order valence-electron chi connectivity index (χ0n) is 8.39. The Morgan fingerprint density at radius 2 is 2.20 bits per heavy atom. The van der Waals surface area contributed by atoms with Crippen LogP contribution in [0.1, 0.15) is 0 Å². The summed E-state index contributed by atoms with van der Waals surface area (Å²) in [5.74, 6) is 1.90. The molecule has 0 aliphatic carbocycles. The normalized spacial score (nSPS) is 25.7. The molecule has 0 spiro atoms. The fourth-order valence-electron chi connectivity index (χ4n) is 1.55. The molecule has 15 heavy (non-hydrogen) atoms. The van der Waals surface area contributed by atoms with E-state index in [1.54, 1.807) is 0 Å². The van der Waals surface area contributed by atoms with Crippen molar-refractivity contribution in [3.05, 3.63) is 30.3 Å². The van der Waals surface area contributed by atoms with Gasteiger partial charge in [-0.2, -0.15) is 0 Å². The molecule has 2 rings (SSSR count). The SMILES string of the molecule is OCC[S][Ge@@]1([c]2ccccc2)[O]CC[S]1. The van der Waals surface area contributed by atoms with Crippen molar-refractivity contribution in [1.29, 1.82) is 0 Å². The quantitative estimate of drug-likeness (QED) is 0.850. The Morgan fingerprint density at radius 3 is 2.80 bits per heavy atom. The molecular weight excluding hydrogens is 289 g/mol. The second kappa shape index (κ2) is 5.63. The second-order valence-electron chi connectivity index (χ2n) is 3.19. The van der Waals surface area contributed by atoms with E-state index in [1.807, 2.05) is 26.2 Å². The van der Waals surface area contributed by atoms with E-state index in [2.05, 4.69) is 24.3 Å². The van der Waals surface area contributed by atoms with Crippen LogP contribution in [0.5, 0.6) is 0 Å². The molecule has 1 saturated heterocycles. The van der Waals surface area contributed by atoms with Gasteiger partial charge in [0.05, 0.1) is 0 Å². The van der Waals surface area contributed by atoms with Crippen LogP contribution in [0.4, 0.5) is 0 Å². The van der Waals surface area contributed by atoms with Crippen LogP contribution in [0.3, 0.4) is 0 Å². The number of benzene rings is 1. The summed E-state index contributed by atoms with van der Waals surface area (Å²) in [6.07, 6.45) is 0. The van der Waals surface area contributed by atoms with Crippen LogP contribution in [0.15, 0.2) is 30.3 Å². The molecule has 5 heteroatoms. The van der Waals surface area contributed by atoms with Gasteiger partial charge < -0.3 is 0 Å². The Balaban J connectivity index is 2.19. The van der Waals surface area contributed by atoms with Crippen molar-refractivity contribution < 1.29 is 8.87 Å². The average Bonchev–Trinajstić information content (AvgIpc) is 2.78. The third-order valence-electron chi connectivity index (χ3n) is 2.18. The second-order valence-corrected chi connectivity index (χ2v) is 19.7. The van der Waals surface area contributed by atoms with Gasteiger partial charge in [0.15, 0.2) is 0 Å². The van der Waals surface area contributed by atoms with E-state index < -0.39 is 11.3 Å². The average molecular weight is 303 g/mol. The van der Waals surface area contributed by atoms with Crippen molar-refractivity contribution in [1.82, 2.24) is 0 Å². The molecule has 1 aromatic rings. The summed E-state index contributed by atoms with van der Waals surface area (Å²) in [5, 5.41) is 8.93. The fourth-order valence-corrected chi connectivity index (χ4v) is 20.0. The molecule has 2 nitrogen and oxygen atoms in total. The van der Waals surface area contributed by atoms with E-state index >= 15 is 0 Å². The van der Waals surface area contributed by atoms with E-state index in [1.165, 1.54) is 4.40 Å². The van der Waals surface area contributed by atoms with Crippen molar-refractivity contribution in [3.8, 4) is 0 Å². The molecule has 0 unspecified atom stereocenters. The molecule has 1 atom stereocenters. The van der Waals surface area contributed by atoms with E-state index in [0.717, 1.165) is 18.1 Å². The summed E-state index contributed by atoms with van der Waals surface area (Å²) < 4.78 is 7.40. The third-order valence-corrected chi connectivity index (χ3v) is 21.8. The summed E-state index contributed by atoms with van der Waals surface area (Å²) in [6, 6.07) is 10.5. The minimum atomic E-state index is -2.41. The molecule has 1 aromatic carbocycles. The first-order valence-electron chi connectivity index (χ1n) is 4.96. The van der Waals surface area contributed by atoms with Gasteiger partial charge in [-0.3, -0.25) is 0 Å². The first kappa shape index (κ1) is 11.9. The van der Waals surface area contributed by atoms with E-state index in [4.69, 9.17) is 8.87 Å². The van der Waals surface area contributed by atoms with Gasteiger partial charge in [0, 0.05) is 0 Å². The molecular formula is C10H14GeO2S2. The number of hydrogen-bond acceptors (Lipinski definition) is 4. The van der Waals surface area contributed by atoms with Crippen LogP contribution < -0.4 is 4.40 Å². The van der Waals surface area contributed by atoms with Crippen LogP contribution in [0, 0.1) is 0 Å². The fraction of sp³-hybridized carbons (Fsp3) is 0.400. The first-order chi connectivity index (χ1) is 7.37. The summed E-state index contributed by atoms with van der Waals surface area (Å²) in [4.78, 5) is 0. The molecule has 0 radical (unpaired) electrons. The molecule has 0 saturated carbocycles. The van der Waals surface area contributed by atoms with E-state index in [-0.39, 0.29) is 6.61 Å². The molecule has 1 aliphatic rings. The van der Waals surface area contributed by atoms with Gasteiger partial charge in [0.25, 0.3) is 0 Å². The maximum absolute atomic E-state index is 8.93. The van der Waals surface area contributed by atoms with Crippen LogP contribution in [0.25, 0.3) is 0 Å². The predicted molar refractivity (Wildman–Crippen MR) is 69.8 cm³/mol. The Kier molecular flexibility index (Phi) is 4.45. The topological polar surface area (TPSA) is 29.5 Å². The number of aliphatic hydroxyl groups is 1. The van der Waals surface area contributed by atoms with Gasteiger partial charge >= 0.3 is 99.8 Å². The summed E-state index contributed by atoms with van der Waals surface area (Å²) in [5.41, 5.74) is 0. The first-order valence-corrected chi connectivity index (χ1v) is 14.0. The van der Waals surface area contributed by atoms with Crippen LogP contribution in [-0.4, -0.2) is 41.1 Å². The standard InChI is InChI=1S/C10H14GeO2S2/c12-6-8-14-11(13-7-9-15-11)10-4-2-1-3-5-10/h1-5,12H,6-9H2/t11-/m1/s1. The molecule has 0 bridgehead atoms. The summed E-state index contributed by atoms with van der Waals surface area (Å²) in [6.45, 7) is 1.12. The molecule has 1 N–H and O–H groups in total. The van der Waals surface area contributed by atoms with Crippen molar-refractivity contribution in [2.45, 2.75) is 0 Å². The minimum absolute atomic E-state index is 0.244. The van der Waals surface area contributed by atoms with Gasteiger partial charge in [-0.25, -0.2) is 0 Å². The molecule has 82 valence electrons. The van der Waals surface area contributed by atoms with Crippen molar-refractivity contribution in [3.63, 3.8) is 0 Å². The Hall–Kier alpha value is 0.383. The van der Waals surface area contributed by atoms with Crippen molar-refractivity contribution in [2.75, 3.05) is 24.7 Å². The molecule has 1 aliphatic heterocycles. The van der Waals surface area contributed by atoms with E-state index in [9.17, 15) is 0 Å². The summed E-state index contributed by atoms with van der Waals surface area (Å²) >= 11 is -2.41. The molecule has 0 amide bonds. The molecule has 1 heterocycles. The maximum atomic E-state index is 8.93. The monoisotopic (exact) mass is 304 g/mol. The van der Waals surface area contributed by atoms with Crippen LogP contribution in [-0.2, 0) is 3.76 Å². The summed E-state index contributed by atoms with van der Waals surface area (Å²) in [7, 11) is 3.86. The Morgan fingerprint density at radius 1 is 1.40 bits per heavy atom. The Bertz CT molecular complexity index is 302. The van der Waals surface area contributed by atoms with E-state index in [0.29, 0.717) is 0 Å². The van der Waals surface area contributed by atoms with Crippen molar-refractivity contribution in [2.24, 2.45) is 0 Å². The van der Waals surface area contributed by atoms with Crippen LogP contribution in [0.2, 0.25) is 0 Å². The predicted octanol–water partition coefficient (Wildman–Crippen LogP) is 1.32. The molecule has 1 fully saturated rings. The Labute approximate surface area is 99.5 Å². The van der Waals surface area contributed by atoms with Crippen molar-refractivity contribution >= 4 is 35.9 Å². The molecule has 0 aromatic heterocycles. The zero-order chi connectivity index (χ0) is 10.6. The van der Waals surface area contributed by atoms with Gasteiger partial charge in [-0.1, -0.05) is 0 Å². The zero-order valence-corrected chi connectivity index (χ0v) is 12.1.